The number of carbonyl (C=O) groups excluding carboxylic acids is 2. The van der Waals surface area contributed by atoms with E-state index in [1.54, 1.807) is 15.6 Å². The Labute approximate surface area is 213 Å². The lowest BCUT2D eigenvalue weighted by atomic mass is 9.89. The molecule has 0 atom stereocenters. The topological polar surface area (TPSA) is 76.5 Å². The molecule has 1 aromatic heterocycles. The van der Waals surface area contributed by atoms with Gasteiger partial charge in [-0.3, -0.25) is 14.3 Å². The number of hydrogen-bond acceptors (Lipinski definition) is 4. The molecule has 1 saturated heterocycles. The van der Waals surface area contributed by atoms with Crippen LogP contribution in [0.2, 0.25) is 0 Å². The van der Waals surface area contributed by atoms with Crippen LogP contribution in [-0.4, -0.2) is 46.7 Å². The third-order valence-electron chi connectivity index (χ3n) is 6.57. The summed E-state index contributed by atoms with van der Waals surface area (Å²) in [5.74, 6) is -0.473. The van der Waals surface area contributed by atoms with Crippen LogP contribution in [0.25, 0.3) is 0 Å². The van der Waals surface area contributed by atoms with Crippen LogP contribution in [0.1, 0.15) is 63.4 Å². The van der Waals surface area contributed by atoms with Gasteiger partial charge in [-0.05, 0) is 74.6 Å². The van der Waals surface area contributed by atoms with Gasteiger partial charge in [0.25, 0.3) is 11.8 Å². The summed E-state index contributed by atoms with van der Waals surface area (Å²) in [5.41, 5.74) is 2.08. The number of likely N-dealkylation sites (tertiary alicyclic amines) is 1. The fraction of sp³-hybridized carbons (Fsp3) is 0.370. The third kappa shape index (κ3) is 5.95. The van der Waals surface area contributed by atoms with Gasteiger partial charge < -0.3 is 15.0 Å². The highest BCUT2D eigenvalue weighted by Gasteiger charge is 2.33. The second-order valence-corrected chi connectivity index (χ2v) is 9.08. The van der Waals surface area contributed by atoms with Crippen molar-refractivity contribution in [3.05, 3.63) is 76.6 Å². The minimum absolute atomic E-state index is 0.00507. The van der Waals surface area contributed by atoms with E-state index >= 15 is 0 Å². The summed E-state index contributed by atoms with van der Waals surface area (Å²) in [7, 11) is 1.27. The van der Waals surface area contributed by atoms with Crippen LogP contribution in [-0.2, 0) is 12.7 Å². The van der Waals surface area contributed by atoms with Crippen molar-refractivity contribution in [2.45, 2.75) is 45.3 Å². The molecule has 0 radical (unpaired) electrons. The molecule has 0 saturated carbocycles. The molecule has 4 rings (SSSR count). The van der Waals surface area contributed by atoms with Crippen molar-refractivity contribution in [1.29, 1.82) is 0 Å². The van der Waals surface area contributed by atoms with Crippen LogP contribution >= 0.6 is 0 Å². The van der Waals surface area contributed by atoms with Crippen molar-refractivity contribution in [3.63, 3.8) is 0 Å². The van der Waals surface area contributed by atoms with Crippen molar-refractivity contribution < 1.29 is 27.5 Å². The van der Waals surface area contributed by atoms with Crippen molar-refractivity contribution in [2.24, 2.45) is 0 Å². The van der Waals surface area contributed by atoms with E-state index in [1.807, 2.05) is 38.1 Å². The number of nitrogens with zero attached hydrogens (tertiary/aromatic N) is 3. The second-order valence-electron chi connectivity index (χ2n) is 9.08. The number of aromatic nitrogens is 2. The highest BCUT2D eigenvalue weighted by atomic mass is 19.4. The first kappa shape index (κ1) is 26.2. The first-order valence-corrected chi connectivity index (χ1v) is 12.1. The van der Waals surface area contributed by atoms with Gasteiger partial charge in [0.05, 0.1) is 18.4 Å². The van der Waals surface area contributed by atoms with E-state index in [0.717, 1.165) is 23.4 Å². The SMILES string of the molecule is CCn1nc(C)cc1C(=O)Nc1ccc(C2CCN(C(=O)c3cc(OC)cc(C(F)(F)F)c3)CC2)cc1. The summed E-state index contributed by atoms with van der Waals surface area (Å²) in [6.45, 7) is 5.22. The third-order valence-corrected chi connectivity index (χ3v) is 6.57. The molecule has 2 aromatic carbocycles. The Morgan fingerprint density at radius 2 is 1.76 bits per heavy atom. The number of nitrogens with one attached hydrogen (secondary N) is 1. The number of methoxy groups -OCH3 is 1. The lowest BCUT2D eigenvalue weighted by molar-refractivity contribution is -0.137. The number of ether oxygens (including phenoxy) is 1. The van der Waals surface area contributed by atoms with Crippen molar-refractivity contribution in [1.82, 2.24) is 14.7 Å². The Bertz CT molecular complexity index is 1280. The number of piperidine rings is 1. The van der Waals surface area contributed by atoms with Crippen LogP contribution in [0.5, 0.6) is 5.75 Å². The smallest absolute Gasteiger partial charge is 0.416 e. The Morgan fingerprint density at radius 1 is 1.08 bits per heavy atom. The van der Waals surface area contributed by atoms with Gasteiger partial charge in [0.2, 0.25) is 0 Å². The maximum absolute atomic E-state index is 13.2. The molecule has 1 aliphatic heterocycles. The van der Waals surface area contributed by atoms with Gasteiger partial charge in [-0.15, -0.1) is 0 Å². The van der Waals surface area contributed by atoms with Gasteiger partial charge >= 0.3 is 6.18 Å². The number of hydrogen-bond donors (Lipinski definition) is 1. The molecule has 0 unspecified atom stereocenters. The largest absolute Gasteiger partial charge is 0.497 e. The molecule has 7 nitrogen and oxygen atoms in total. The lowest BCUT2D eigenvalue weighted by Gasteiger charge is -2.32. The predicted molar refractivity (Wildman–Crippen MR) is 133 cm³/mol. The Kier molecular flexibility index (Phi) is 7.56. The minimum atomic E-state index is -4.57. The zero-order chi connectivity index (χ0) is 26.7. The van der Waals surface area contributed by atoms with Crippen LogP contribution in [0.15, 0.2) is 48.5 Å². The minimum Gasteiger partial charge on any atom is -0.497 e. The number of halogens is 3. The zero-order valence-electron chi connectivity index (χ0n) is 20.9. The molecule has 1 N–H and O–H groups in total. The summed E-state index contributed by atoms with van der Waals surface area (Å²) in [6, 6.07) is 12.4. The number of rotatable bonds is 6. The average molecular weight is 515 g/mol. The lowest BCUT2D eigenvalue weighted by Crippen LogP contribution is -2.38. The fourth-order valence-electron chi connectivity index (χ4n) is 4.61. The molecule has 0 spiro atoms. The van der Waals surface area contributed by atoms with E-state index in [-0.39, 0.29) is 23.1 Å². The van der Waals surface area contributed by atoms with Crippen molar-refractivity contribution in [2.75, 3.05) is 25.5 Å². The van der Waals surface area contributed by atoms with Gasteiger partial charge in [0, 0.05) is 30.9 Å². The molecule has 1 aliphatic rings. The molecule has 3 aromatic rings. The van der Waals surface area contributed by atoms with Crippen molar-refractivity contribution in [3.8, 4) is 5.75 Å². The van der Waals surface area contributed by atoms with E-state index in [2.05, 4.69) is 10.4 Å². The molecule has 2 amide bonds. The number of carbonyl (C=O) groups is 2. The fourth-order valence-corrected chi connectivity index (χ4v) is 4.61. The number of alkyl halides is 3. The highest BCUT2D eigenvalue weighted by Crippen LogP contribution is 2.34. The Morgan fingerprint density at radius 3 is 2.35 bits per heavy atom. The van der Waals surface area contributed by atoms with Gasteiger partial charge in [-0.25, -0.2) is 0 Å². The number of aryl methyl sites for hydroxylation is 2. The Hall–Kier alpha value is -3.82. The van der Waals surface area contributed by atoms with Crippen molar-refractivity contribution >= 4 is 17.5 Å². The standard InChI is InChI=1S/C27H29F3N4O3/c1-4-34-24(13-17(2)32-34)25(35)31-22-7-5-18(6-8-22)19-9-11-33(12-10-19)26(36)20-14-21(27(28,29)30)16-23(15-20)37-3/h5-8,13-16,19H,4,9-12H2,1-3H3,(H,31,35). The quantitative estimate of drug-likeness (QED) is 0.471. The first-order valence-electron chi connectivity index (χ1n) is 12.1. The summed E-state index contributed by atoms with van der Waals surface area (Å²) < 4.78 is 46.4. The molecule has 2 heterocycles. The molecule has 0 aliphatic carbocycles. The number of amides is 2. The number of benzene rings is 2. The summed E-state index contributed by atoms with van der Waals surface area (Å²) in [5, 5.41) is 7.20. The van der Waals surface area contributed by atoms with E-state index in [1.165, 1.54) is 13.2 Å². The first-order chi connectivity index (χ1) is 17.6. The molecule has 37 heavy (non-hydrogen) atoms. The highest BCUT2D eigenvalue weighted by molar-refractivity contribution is 6.03. The van der Waals surface area contributed by atoms with E-state index in [9.17, 15) is 22.8 Å². The molecular formula is C27H29F3N4O3. The van der Waals surface area contributed by atoms with Crippen LogP contribution < -0.4 is 10.1 Å². The van der Waals surface area contributed by atoms with Gasteiger partial charge in [-0.2, -0.15) is 18.3 Å². The maximum Gasteiger partial charge on any atom is 0.416 e. The summed E-state index contributed by atoms with van der Waals surface area (Å²) in [6.07, 6.45) is -3.21. The average Bonchev–Trinajstić information content (AvgIpc) is 3.29. The normalized spacial score (nSPS) is 14.5. The molecule has 10 heteroatoms. The number of anilines is 1. The zero-order valence-corrected chi connectivity index (χ0v) is 20.9. The van der Waals surface area contributed by atoms with Gasteiger partial charge in [0.1, 0.15) is 11.4 Å². The molecule has 196 valence electrons. The van der Waals surface area contributed by atoms with E-state index in [0.29, 0.717) is 43.9 Å². The maximum atomic E-state index is 13.2. The Balaban J connectivity index is 1.38. The summed E-state index contributed by atoms with van der Waals surface area (Å²) in [4.78, 5) is 27.2. The predicted octanol–water partition coefficient (Wildman–Crippen LogP) is 5.51. The van der Waals surface area contributed by atoms with E-state index < -0.39 is 17.6 Å². The van der Waals surface area contributed by atoms with Crippen LogP contribution in [0.4, 0.5) is 18.9 Å². The van der Waals surface area contributed by atoms with Gasteiger partial charge in [-0.1, -0.05) is 12.1 Å². The monoisotopic (exact) mass is 514 g/mol. The van der Waals surface area contributed by atoms with Gasteiger partial charge in [0.15, 0.2) is 0 Å². The van der Waals surface area contributed by atoms with Crippen LogP contribution in [0.3, 0.4) is 0 Å². The summed E-state index contributed by atoms with van der Waals surface area (Å²) >= 11 is 0. The molecule has 1 fully saturated rings. The second kappa shape index (κ2) is 10.7. The molecular weight excluding hydrogens is 485 g/mol. The molecule has 0 bridgehead atoms. The van der Waals surface area contributed by atoms with Crippen LogP contribution in [0, 0.1) is 6.92 Å². The van der Waals surface area contributed by atoms with E-state index in [4.69, 9.17) is 4.74 Å².